The van der Waals surface area contributed by atoms with E-state index in [1.54, 1.807) is 52.9 Å². The molecule has 0 saturated heterocycles. The van der Waals surface area contributed by atoms with Crippen LogP contribution in [0, 0.1) is 35.5 Å². The van der Waals surface area contributed by atoms with E-state index >= 15 is 0 Å². The maximum atomic E-state index is 14.6. The van der Waals surface area contributed by atoms with Gasteiger partial charge >= 0.3 is 0 Å². The lowest BCUT2D eigenvalue weighted by atomic mass is 9.84. The molecule has 0 aliphatic rings. The molecular weight excluding hydrogens is 1040 g/mol. The fraction of sp³-hybridized carbons (Fsp3) is 0.517. The molecule has 0 aliphatic heterocycles. The fourth-order valence-electron chi connectivity index (χ4n) is 9.67. The van der Waals surface area contributed by atoms with Gasteiger partial charge in [-0.25, -0.2) is 0 Å². The van der Waals surface area contributed by atoms with Gasteiger partial charge in [0.05, 0.1) is 18.1 Å². The van der Waals surface area contributed by atoms with Crippen LogP contribution in [-0.2, 0) is 57.6 Å². The average Bonchev–Trinajstić information content (AvgIpc) is 3.84. The van der Waals surface area contributed by atoms with E-state index in [1.807, 2.05) is 60.9 Å². The molecule has 1 heterocycles. The number of amides is 5. The number of benzene rings is 3. The van der Waals surface area contributed by atoms with Crippen LogP contribution in [0.5, 0.6) is 5.75 Å². The maximum Gasteiger partial charge on any atom is 0.239 e. The van der Waals surface area contributed by atoms with Crippen molar-refractivity contribution in [1.82, 2.24) is 26.3 Å². The van der Waals surface area contributed by atoms with Gasteiger partial charge in [-0.1, -0.05) is 95.3 Å². The molecule has 80 heavy (non-hydrogen) atoms. The smallest absolute Gasteiger partial charge is 0.239 e. The summed E-state index contributed by atoms with van der Waals surface area (Å²) in [5.74, 6) is -7.78. The van der Waals surface area contributed by atoms with Gasteiger partial charge in [0, 0.05) is 66.6 Å². The molecule has 8 atom stereocenters. The summed E-state index contributed by atoms with van der Waals surface area (Å²) in [6, 6.07) is 18.9. The maximum absolute atomic E-state index is 14.6. The molecule has 436 valence electrons. The number of fused-ring (bicyclic) bond motifs is 1. The predicted molar refractivity (Wildman–Crippen MR) is 315 cm³/mol. The average molecular weight is 1120 g/mol. The highest BCUT2D eigenvalue weighted by Gasteiger charge is 2.37. The van der Waals surface area contributed by atoms with Gasteiger partial charge in [0.1, 0.15) is 11.8 Å². The molecule has 5 amide bonds. The van der Waals surface area contributed by atoms with E-state index < -0.39 is 101 Å². The van der Waals surface area contributed by atoms with E-state index in [2.05, 4.69) is 31.2 Å². The Labute approximate surface area is 475 Å². The summed E-state index contributed by atoms with van der Waals surface area (Å²) in [6.45, 7) is 9.61. The molecule has 0 fully saturated rings. The summed E-state index contributed by atoms with van der Waals surface area (Å²) in [5, 5.41) is 22.5. The molecule has 0 saturated carbocycles. The van der Waals surface area contributed by atoms with Crippen molar-refractivity contribution in [3.63, 3.8) is 0 Å². The van der Waals surface area contributed by atoms with Gasteiger partial charge in [-0.15, -0.1) is 0 Å². The number of phenols is 1. The summed E-state index contributed by atoms with van der Waals surface area (Å²) < 4.78 is 0. The third-order valence-corrected chi connectivity index (χ3v) is 15.2. The zero-order chi connectivity index (χ0) is 58.9. The van der Waals surface area contributed by atoms with Gasteiger partial charge in [-0.2, -0.15) is 11.8 Å². The summed E-state index contributed by atoms with van der Waals surface area (Å²) in [6.07, 6.45) is 5.79. The molecule has 3 aromatic carbocycles. The number of ketones is 3. The van der Waals surface area contributed by atoms with Crippen LogP contribution >= 0.6 is 11.8 Å². The first-order valence-corrected chi connectivity index (χ1v) is 29.2. The van der Waals surface area contributed by atoms with Crippen LogP contribution in [0.1, 0.15) is 109 Å². The van der Waals surface area contributed by atoms with Gasteiger partial charge in [0.25, 0.3) is 0 Å². The molecule has 4 rings (SSSR count). The first kappa shape index (κ1) is 65.5. The third kappa shape index (κ3) is 21.5. The number of nitrogens with one attached hydrogen (secondary N) is 5. The van der Waals surface area contributed by atoms with Crippen molar-refractivity contribution < 1.29 is 43.5 Å². The van der Waals surface area contributed by atoms with Crippen LogP contribution < -0.4 is 44.2 Å². The number of thioether (sulfide) groups is 1. The molecule has 0 bridgehead atoms. The number of carbonyl (C=O) groups is 8. The van der Waals surface area contributed by atoms with E-state index in [1.165, 1.54) is 23.9 Å². The Kier molecular flexibility index (Phi) is 27.4. The lowest BCUT2D eigenvalue weighted by molar-refractivity contribution is -0.137. The molecule has 0 spiro atoms. The Morgan fingerprint density at radius 3 is 1.82 bits per heavy atom. The van der Waals surface area contributed by atoms with Crippen LogP contribution in [0.4, 0.5) is 0 Å². The topological polar surface area (TPSA) is 337 Å². The minimum atomic E-state index is -1.09. The van der Waals surface area contributed by atoms with Gasteiger partial charge < -0.3 is 54.3 Å². The van der Waals surface area contributed by atoms with Crippen molar-refractivity contribution in [3.05, 3.63) is 102 Å². The number of aliphatic imine (C=N–C) groups is 1. The minimum Gasteiger partial charge on any atom is -0.508 e. The Balaban J connectivity index is 1.57. The zero-order valence-corrected chi connectivity index (χ0v) is 48.2. The summed E-state index contributed by atoms with van der Waals surface area (Å²) in [7, 11) is 0. The van der Waals surface area contributed by atoms with E-state index in [9.17, 15) is 43.5 Å². The number of aromatic amines is 1. The number of unbranched alkanes of at least 4 members (excludes halogenated alkanes) is 1. The summed E-state index contributed by atoms with van der Waals surface area (Å²) >= 11 is 1.48. The number of nitrogens with zero attached hydrogens (tertiary/aromatic N) is 1. The number of aromatic nitrogens is 1. The van der Waals surface area contributed by atoms with Gasteiger partial charge in [-0.05, 0) is 123 Å². The van der Waals surface area contributed by atoms with Crippen molar-refractivity contribution in [1.29, 1.82) is 0 Å². The monoisotopic (exact) mass is 1120 g/mol. The van der Waals surface area contributed by atoms with Crippen molar-refractivity contribution in [2.45, 2.75) is 136 Å². The van der Waals surface area contributed by atoms with Crippen molar-refractivity contribution in [3.8, 4) is 5.75 Å². The molecule has 14 N–H and O–H groups in total. The first-order chi connectivity index (χ1) is 38.1. The SMILES string of the molecule is CSCC[C@H](NC(=O)[C@@H](CC(=O)[C@@H](NC(=O)[C@@H](CC(=O)[C@H](Cc1ccccc1)NC(=O)[C@@H](C)CCCN=C(N)N)Cc1ccc(O)cc1)C(C)C)C(C)C)C(=O)C[C@@H](Cc1c[nH]c2ccccc12)C(=O)N[C@@H](CCCCN)C(N)=O. The van der Waals surface area contributed by atoms with Crippen molar-refractivity contribution >= 4 is 75.5 Å². The second-order valence-electron chi connectivity index (χ2n) is 21.6. The number of phenolic OH excluding ortho intramolecular Hbond substituents is 1. The van der Waals surface area contributed by atoms with Crippen molar-refractivity contribution in [2.75, 3.05) is 25.1 Å². The standard InChI is InChI=1S/C60H86N10O9S/c1-36(2)46(59(79)67-48(25-28-80-6)51(72)33-42(31-43-35-66-47-19-11-10-18-45(43)47)57(77)68-49(55(62)75)20-12-13-26-61)34-53(74)54(37(3)4)70-58(78)41(29-40-21-23-44(71)24-22-40)32-52(73)50(30-39-16-8-7-9-17-39)69-56(76)38(5)15-14-27-65-60(63)64/h7-11,16-19,21-24,35-38,41-42,46,48-50,54,66,71H,12-15,20,25-34,61H2,1-6H3,(H2,62,75)(H,67,79)(H,68,77)(H,69,76)(H,70,78)(H4,63,64,65)/t38-,41+,42+,46-,48-,49-,50-,54-/m0/s1. The van der Waals surface area contributed by atoms with Crippen LogP contribution in [-0.4, -0.2) is 112 Å². The molecule has 0 radical (unpaired) electrons. The molecular formula is C60H86N10O9S. The predicted octanol–water partition coefficient (Wildman–Crippen LogP) is 4.94. The van der Waals surface area contributed by atoms with Crippen molar-refractivity contribution in [2.24, 2.45) is 63.4 Å². The second-order valence-corrected chi connectivity index (χ2v) is 22.6. The number of H-pyrrole nitrogens is 1. The number of aromatic hydroxyl groups is 1. The van der Waals surface area contributed by atoms with Crippen LogP contribution in [0.15, 0.2) is 90.1 Å². The minimum absolute atomic E-state index is 0.0103. The number of nitrogens with two attached hydrogens (primary N) is 4. The number of carbonyl (C=O) groups excluding carboxylic acids is 8. The molecule has 1 aromatic heterocycles. The van der Waals surface area contributed by atoms with Gasteiger partial charge in [0.15, 0.2) is 23.3 Å². The van der Waals surface area contributed by atoms with E-state index in [-0.39, 0.29) is 69.0 Å². The quantitative estimate of drug-likeness (QED) is 0.0163. The Hall–Kier alpha value is -7.06. The Morgan fingerprint density at radius 1 is 0.600 bits per heavy atom. The van der Waals surface area contributed by atoms with E-state index in [4.69, 9.17) is 22.9 Å². The highest BCUT2D eigenvalue weighted by molar-refractivity contribution is 7.98. The van der Waals surface area contributed by atoms with E-state index in [0.29, 0.717) is 50.1 Å². The number of rotatable bonds is 37. The molecule has 0 unspecified atom stereocenters. The molecule has 4 aromatic rings. The van der Waals surface area contributed by atoms with Gasteiger partial charge in [0.2, 0.25) is 29.5 Å². The highest BCUT2D eigenvalue weighted by atomic mass is 32.2. The second kappa shape index (κ2) is 33.5. The van der Waals surface area contributed by atoms with Crippen LogP contribution in [0.25, 0.3) is 10.9 Å². The van der Waals surface area contributed by atoms with E-state index in [0.717, 1.165) is 22.0 Å². The zero-order valence-electron chi connectivity index (χ0n) is 47.3. The first-order valence-electron chi connectivity index (χ1n) is 27.8. The number of Topliss-reactive ketones (excluding diaryl/α,β-unsaturated/α-hetero) is 3. The molecule has 19 nitrogen and oxygen atoms in total. The third-order valence-electron chi connectivity index (χ3n) is 14.5. The number of hydrogen-bond donors (Lipinski definition) is 10. The Morgan fingerprint density at radius 2 is 1.20 bits per heavy atom. The summed E-state index contributed by atoms with van der Waals surface area (Å²) in [5.41, 5.74) is 25.4. The normalized spacial score (nSPS) is 14.4. The molecule has 20 heteroatoms. The number of para-hydroxylation sites is 1. The summed E-state index contributed by atoms with van der Waals surface area (Å²) in [4.78, 5) is 120. The lowest BCUT2D eigenvalue weighted by Crippen LogP contribution is -2.51. The molecule has 0 aliphatic carbocycles. The largest absolute Gasteiger partial charge is 0.508 e. The highest BCUT2D eigenvalue weighted by Crippen LogP contribution is 2.26. The Bertz CT molecular complexity index is 2690. The van der Waals surface area contributed by atoms with Gasteiger partial charge in [-0.3, -0.25) is 43.3 Å². The number of primary amides is 1. The number of hydrogen-bond acceptors (Lipinski definition) is 12. The van der Waals surface area contributed by atoms with Crippen LogP contribution in [0.3, 0.4) is 0 Å². The lowest BCUT2D eigenvalue weighted by Gasteiger charge is -2.29. The number of guanidine groups is 1. The van der Waals surface area contributed by atoms with Crippen LogP contribution in [0.2, 0.25) is 0 Å². The fourth-order valence-corrected chi connectivity index (χ4v) is 10.1.